The van der Waals surface area contributed by atoms with Gasteiger partial charge in [0.25, 0.3) is 0 Å². The Morgan fingerprint density at radius 2 is 2.00 bits per heavy atom. The molecule has 0 saturated heterocycles. The van der Waals surface area contributed by atoms with Crippen molar-refractivity contribution in [1.29, 1.82) is 0 Å². The van der Waals surface area contributed by atoms with Crippen LogP contribution in [0.15, 0.2) is 5.38 Å². The fourth-order valence-corrected chi connectivity index (χ4v) is 4.20. The van der Waals surface area contributed by atoms with Crippen molar-refractivity contribution in [3.63, 3.8) is 0 Å². The maximum absolute atomic E-state index is 13.0. The number of nitrogens with zero attached hydrogens (tertiary/aromatic N) is 2. The second kappa shape index (κ2) is 13.8. The van der Waals surface area contributed by atoms with Gasteiger partial charge in [-0.1, -0.05) is 27.2 Å². The van der Waals surface area contributed by atoms with Crippen molar-refractivity contribution in [2.75, 3.05) is 6.54 Å². The van der Waals surface area contributed by atoms with E-state index in [1.807, 2.05) is 25.7 Å². The minimum Gasteiger partial charge on any atom is -0.476 e. The van der Waals surface area contributed by atoms with Gasteiger partial charge in [0, 0.05) is 44.2 Å². The van der Waals surface area contributed by atoms with E-state index in [1.165, 1.54) is 12.3 Å². The number of aromatic nitrogens is 1. The minimum atomic E-state index is -1.13. The van der Waals surface area contributed by atoms with E-state index in [1.54, 1.807) is 0 Å². The molecule has 8 heteroatoms. The number of aromatic carboxylic acids is 1. The lowest BCUT2D eigenvalue weighted by Crippen LogP contribution is -2.45. The van der Waals surface area contributed by atoms with Crippen LogP contribution in [-0.4, -0.2) is 45.4 Å². The van der Waals surface area contributed by atoms with Crippen molar-refractivity contribution in [3.05, 3.63) is 16.1 Å². The SMILES string of the molecule is C#CCCCCN(C(=O)CCCC)C(CC(OC(C)=O)c1nc(C(=O)O)cs1)C(C)C. The average Bonchev–Trinajstić information content (AvgIpc) is 3.20. The molecule has 0 spiro atoms. The third-order valence-corrected chi connectivity index (χ3v) is 5.92. The van der Waals surface area contributed by atoms with E-state index in [-0.39, 0.29) is 23.6 Å². The lowest BCUT2D eigenvalue weighted by molar-refractivity contribution is -0.148. The molecule has 0 fully saturated rings. The zero-order valence-corrected chi connectivity index (χ0v) is 19.7. The van der Waals surface area contributed by atoms with E-state index in [4.69, 9.17) is 11.2 Å². The summed E-state index contributed by atoms with van der Waals surface area (Å²) in [7, 11) is 0. The number of esters is 1. The van der Waals surface area contributed by atoms with Gasteiger partial charge in [0.15, 0.2) is 11.8 Å². The minimum absolute atomic E-state index is 0.0770. The van der Waals surface area contributed by atoms with Gasteiger partial charge >= 0.3 is 11.9 Å². The summed E-state index contributed by atoms with van der Waals surface area (Å²) in [5, 5.41) is 11.0. The molecular formula is C23H34N2O5S. The second-order valence-electron chi connectivity index (χ2n) is 7.87. The molecule has 0 aliphatic rings. The number of rotatable bonds is 14. The highest BCUT2D eigenvalue weighted by Crippen LogP contribution is 2.31. The first-order valence-electron chi connectivity index (χ1n) is 10.8. The zero-order chi connectivity index (χ0) is 23.4. The molecule has 0 aliphatic heterocycles. The summed E-state index contributed by atoms with van der Waals surface area (Å²) in [6.07, 6.45) is 9.49. The van der Waals surface area contributed by atoms with Crippen LogP contribution >= 0.6 is 11.3 Å². The number of hydrogen-bond donors (Lipinski definition) is 1. The molecule has 1 aromatic rings. The number of unbranched alkanes of at least 4 members (excludes halogenated alkanes) is 3. The monoisotopic (exact) mass is 450 g/mol. The first-order chi connectivity index (χ1) is 14.7. The molecule has 2 atom stereocenters. The van der Waals surface area contributed by atoms with E-state index in [2.05, 4.69) is 10.9 Å². The molecule has 1 heterocycles. The molecule has 31 heavy (non-hydrogen) atoms. The van der Waals surface area contributed by atoms with Crippen LogP contribution in [0.2, 0.25) is 0 Å². The number of carboxylic acids is 1. The Kier molecular flexibility index (Phi) is 11.9. The van der Waals surface area contributed by atoms with Gasteiger partial charge in [-0.25, -0.2) is 9.78 Å². The van der Waals surface area contributed by atoms with Crippen molar-refractivity contribution >= 4 is 29.2 Å². The third-order valence-electron chi connectivity index (χ3n) is 4.98. The van der Waals surface area contributed by atoms with E-state index >= 15 is 0 Å². The molecule has 0 bridgehead atoms. The largest absolute Gasteiger partial charge is 0.476 e. The van der Waals surface area contributed by atoms with Crippen LogP contribution in [0.3, 0.4) is 0 Å². The molecule has 7 nitrogen and oxygen atoms in total. The Morgan fingerprint density at radius 1 is 1.29 bits per heavy atom. The van der Waals surface area contributed by atoms with Gasteiger partial charge in [-0.3, -0.25) is 9.59 Å². The van der Waals surface area contributed by atoms with Crippen molar-refractivity contribution in [3.8, 4) is 12.3 Å². The predicted octanol–water partition coefficient (Wildman–Crippen LogP) is 4.68. The van der Waals surface area contributed by atoms with Crippen molar-refractivity contribution in [2.45, 2.75) is 84.8 Å². The summed E-state index contributed by atoms with van der Waals surface area (Å²) in [4.78, 5) is 42.0. The Balaban J connectivity index is 3.15. The quantitative estimate of drug-likeness (QED) is 0.251. The average molecular weight is 451 g/mol. The summed E-state index contributed by atoms with van der Waals surface area (Å²) in [6, 6.07) is -0.184. The van der Waals surface area contributed by atoms with Crippen molar-refractivity contribution < 1.29 is 24.2 Å². The van der Waals surface area contributed by atoms with Crippen LogP contribution in [-0.2, 0) is 14.3 Å². The predicted molar refractivity (Wildman–Crippen MR) is 121 cm³/mol. The van der Waals surface area contributed by atoms with Gasteiger partial charge in [0.1, 0.15) is 5.01 Å². The van der Waals surface area contributed by atoms with Gasteiger partial charge in [0.2, 0.25) is 5.91 Å². The summed E-state index contributed by atoms with van der Waals surface area (Å²) in [6.45, 7) is 8.00. The van der Waals surface area contributed by atoms with E-state index in [0.717, 1.165) is 37.0 Å². The molecular weight excluding hydrogens is 416 g/mol. The number of thiazole rings is 1. The zero-order valence-electron chi connectivity index (χ0n) is 18.9. The van der Waals surface area contributed by atoms with Crippen LogP contribution in [0.25, 0.3) is 0 Å². The highest BCUT2D eigenvalue weighted by atomic mass is 32.1. The number of carbonyl (C=O) groups is 3. The molecule has 0 saturated carbocycles. The topological polar surface area (TPSA) is 96.8 Å². The normalized spacial score (nSPS) is 12.8. The van der Waals surface area contributed by atoms with Crippen LogP contribution < -0.4 is 0 Å². The first-order valence-corrected chi connectivity index (χ1v) is 11.7. The maximum atomic E-state index is 13.0. The standard InChI is InChI=1S/C23H34N2O5S/c1-6-8-10-11-13-25(21(27)12-9-7-2)19(16(3)4)14-20(30-17(5)26)22-24-18(15-31-22)23(28)29/h1,15-16,19-20H,7-14H2,2-5H3,(H,28,29). The fourth-order valence-electron chi connectivity index (χ4n) is 3.37. The van der Waals surface area contributed by atoms with Crippen LogP contribution in [0.1, 0.15) is 94.2 Å². The van der Waals surface area contributed by atoms with Gasteiger partial charge < -0.3 is 14.7 Å². The summed E-state index contributed by atoms with van der Waals surface area (Å²) < 4.78 is 5.52. The Labute approximate surface area is 189 Å². The lowest BCUT2D eigenvalue weighted by Gasteiger charge is -2.36. The number of carbonyl (C=O) groups excluding carboxylic acids is 2. The van der Waals surface area contributed by atoms with Gasteiger partial charge in [0.05, 0.1) is 0 Å². The van der Waals surface area contributed by atoms with E-state index in [9.17, 15) is 19.5 Å². The highest BCUT2D eigenvalue weighted by Gasteiger charge is 2.32. The number of ether oxygens (including phenoxy) is 1. The molecule has 1 amide bonds. The molecule has 0 aliphatic carbocycles. The molecule has 172 valence electrons. The number of terminal acetylenes is 1. The van der Waals surface area contributed by atoms with Crippen LogP contribution in [0.5, 0.6) is 0 Å². The van der Waals surface area contributed by atoms with Crippen LogP contribution in [0.4, 0.5) is 0 Å². The second-order valence-corrected chi connectivity index (χ2v) is 8.76. The van der Waals surface area contributed by atoms with Gasteiger partial charge in [-0.2, -0.15) is 0 Å². The number of hydrogen-bond acceptors (Lipinski definition) is 6. The molecule has 0 radical (unpaired) electrons. The van der Waals surface area contributed by atoms with Crippen molar-refractivity contribution in [1.82, 2.24) is 9.88 Å². The van der Waals surface area contributed by atoms with Gasteiger partial charge in [-0.15, -0.1) is 23.7 Å². The molecule has 1 N–H and O–H groups in total. The Morgan fingerprint density at radius 3 is 2.52 bits per heavy atom. The molecule has 1 aromatic heterocycles. The maximum Gasteiger partial charge on any atom is 0.355 e. The van der Waals surface area contributed by atoms with E-state index in [0.29, 0.717) is 30.8 Å². The summed E-state index contributed by atoms with van der Waals surface area (Å²) in [5.74, 6) is 1.21. The first kappa shape index (κ1) is 26.6. The molecule has 0 aromatic carbocycles. The number of carboxylic acid groups (broad SMARTS) is 1. The molecule has 2 unspecified atom stereocenters. The summed E-state index contributed by atoms with van der Waals surface area (Å²) >= 11 is 1.15. The van der Waals surface area contributed by atoms with E-state index < -0.39 is 18.0 Å². The smallest absolute Gasteiger partial charge is 0.355 e. The summed E-state index contributed by atoms with van der Waals surface area (Å²) in [5.41, 5.74) is -0.0802. The highest BCUT2D eigenvalue weighted by molar-refractivity contribution is 7.09. The van der Waals surface area contributed by atoms with Crippen LogP contribution in [0, 0.1) is 18.3 Å². The number of amides is 1. The lowest BCUT2D eigenvalue weighted by atomic mass is 9.95. The fraction of sp³-hybridized carbons (Fsp3) is 0.652. The van der Waals surface area contributed by atoms with Crippen molar-refractivity contribution in [2.24, 2.45) is 5.92 Å². The Hall–Kier alpha value is -2.40. The third kappa shape index (κ3) is 9.09. The van der Waals surface area contributed by atoms with Gasteiger partial charge in [-0.05, 0) is 25.2 Å². The molecule has 1 rings (SSSR count). The Bertz CT molecular complexity index is 768.